The highest BCUT2D eigenvalue weighted by molar-refractivity contribution is 5.76. The zero-order chi connectivity index (χ0) is 15.5. The second-order valence-electron chi connectivity index (χ2n) is 6.02. The maximum absolute atomic E-state index is 12.1. The van der Waals surface area contributed by atoms with Crippen LogP contribution in [0.4, 0.5) is 5.82 Å². The fraction of sp³-hybridized carbons (Fsp3) is 0.643. The molecule has 1 saturated heterocycles. The van der Waals surface area contributed by atoms with Gasteiger partial charge in [0.15, 0.2) is 11.5 Å². The summed E-state index contributed by atoms with van der Waals surface area (Å²) in [7, 11) is 0. The van der Waals surface area contributed by atoms with Crippen LogP contribution in [0.1, 0.15) is 26.7 Å². The van der Waals surface area contributed by atoms with E-state index in [1.165, 1.54) is 4.63 Å². The van der Waals surface area contributed by atoms with Gasteiger partial charge in [-0.25, -0.2) is 0 Å². The molecule has 118 valence electrons. The molecule has 0 radical (unpaired) electrons. The topological polar surface area (TPSA) is 79.5 Å². The summed E-state index contributed by atoms with van der Waals surface area (Å²) in [6.07, 6.45) is 1.60. The van der Waals surface area contributed by atoms with Crippen LogP contribution in [0.2, 0.25) is 0 Å². The van der Waals surface area contributed by atoms with Gasteiger partial charge in [0.2, 0.25) is 5.91 Å². The number of hydrogen-bond donors (Lipinski definition) is 0. The number of rotatable bonds is 4. The zero-order valence-corrected chi connectivity index (χ0v) is 13.0. The molecule has 2 aromatic rings. The van der Waals surface area contributed by atoms with Crippen molar-refractivity contribution in [1.82, 2.24) is 30.2 Å². The highest BCUT2D eigenvalue weighted by atomic mass is 16.2. The molecule has 8 nitrogen and oxygen atoms in total. The lowest BCUT2D eigenvalue weighted by Gasteiger charge is -2.35. The number of nitrogens with zero attached hydrogens (tertiary/aromatic N) is 7. The van der Waals surface area contributed by atoms with Crippen molar-refractivity contribution >= 4 is 17.4 Å². The Hall–Kier alpha value is -2.25. The third-order valence-corrected chi connectivity index (χ3v) is 3.95. The monoisotopic (exact) mass is 303 g/mol. The third kappa shape index (κ3) is 3.15. The normalized spacial score (nSPS) is 15.8. The number of piperazine rings is 1. The lowest BCUT2D eigenvalue weighted by molar-refractivity contribution is -0.131. The molecule has 0 saturated carbocycles. The molecule has 2 aromatic heterocycles. The van der Waals surface area contributed by atoms with Crippen LogP contribution >= 0.6 is 0 Å². The average Bonchev–Trinajstić information content (AvgIpc) is 3.00. The van der Waals surface area contributed by atoms with Crippen LogP contribution in [0.3, 0.4) is 0 Å². The minimum Gasteiger partial charge on any atom is -0.352 e. The summed E-state index contributed by atoms with van der Waals surface area (Å²) in [5.74, 6) is 1.67. The van der Waals surface area contributed by atoms with Crippen molar-refractivity contribution in [2.75, 3.05) is 31.1 Å². The Balaban J connectivity index is 1.58. The molecule has 1 aliphatic rings. The molecule has 0 atom stereocenters. The molecule has 0 unspecified atom stereocenters. The van der Waals surface area contributed by atoms with Gasteiger partial charge >= 0.3 is 0 Å². The first-order valence-electron chi connectivity index (χ1n) is 7.71. The molecule has 1 amide bonds. The van der Waals surface area contributed by atoms with E-state index in [1.54, 1.807) is 0 Å². The van der Waals surface area contributed by atoms with E-state index in [2.05, 4.69) is 39.4 Å². The second kappa shape index (κ2) is 6.25. The molecule has 3 rings (SSSR count). The van der Waals surface area contributed by atoms with Gasteiger partial charge in [0.05, 0.1) is 0 Å². The molecule has 3 heterocycles. The Morgan fingerprint density at radius 3 is 2.73 bits per heavy atom. The van der Waals surface area contributed by atoms with E-state index in [0.29, 0.717) is 18.0 Å². The van der Waals surface area contributed by atoms with E-state index < -0.39 is 0 Å². The summed E-state index contributed by atoms with van der Waals surface area (Å²) in [6.45, 7) is 7.35. The van der Waals surface area contributed by atoms with Crippen molar-refractivity contribution in [3.63, 3.8) is 0 Å². The van der Waals surface area contributed by atoms with Gasteiger partial charge in [0, 0.05) is 32.6 Å². The number of carbonyl (C=O) groups is 1. The lowest BCUT2D eigenvalue weighted by atomic mass is 10.1. The van der Waals surface area contributed by atoms with Crippen LogP contribution in [0.5, 0.6) is 0 Å². The van der Waals surface area contributed by atoms with Crippen molar-refractivity contribution in [3.05, 3.63) is 12.1 Å². The largest absolute Gasteiger partial charge is 0.352 e. The van der Waals surface area contributed by atoms with Crippen molar-refractivity contribution in [3.8, 4) is 0 Å². The van der Waals surface area contributed by atoms with Crippen LogP contribution in [-0.4, -0.2) is 62.2 Å². The number of amides is 1. The van der Waals surface area contributed by atoms with Crippen LogP contribution in [0.25, 0.3) is 5.65 Å². The Morgan fingerprint density at radius 1 is 1.23 bits per heavy atom. The van der Waals surface area contributed by atoms with E-state index >= 15 is 0 Å². The summed E-state index contributed by atoms with van der Waals surface area (Å²) in [4.78, 5) is 16.3. The van der Waals surface area contributed by atoms with E-state index in [1.807, 2.05) is 17.0 Å². The molecular weight excluding hydrogens is 282 g/mol. The first kappa shape index (κ1) is 14.7. The number of hydrogen-bond acceptors (Lipinski definition) is 6. The zero-order valence-electron chi connectivity index (χ0n) is 13.0. The summed E-state index contributed by atoms with van der Waals surface area (Å²) in [5.41, 5.74) is 0.631. The second-order valence-corrected chi connectivity index (χ2v) is 6.02. The summed E-state index contributed by atoms with van der Waals surface area (Å²) in [6, 6.07) is 3.77. The van der Waals surface area contributed by atoms with Gasteiger partial charge in [-0.15, -0.1) is 14.8 Å². The molecule has 1 fully saturated rings. The first-order chi connectivity index (χ1) is 10.6. The number of aromatic nitrogens is 5. The van der Waals surface area contributed by atoms with Crippen molar-refractivity contribution < 1.29 is 4.79 Å². The number of tetrazole rings is 1. The van der Waals surface area contributed by atoms with Crippen molar-refractivity contribution in [2.24, 2.45) is 5.92 Å². The molecule has 0 aromatic carbocycles. The van der Waals surface area contributed by atoms with Gasteiger partial charge in [0.1, 0.15) is 0 Å². The van der Waals surface area contributed by atoms with Gasteiger partial charge in [-0.05, 0) is 34.9 Å². The number of carbonyl (C=O) groups excluding carboxylic acids is 1. The Bertz CT molecular complexity index is 645. The standard InChI is InChI=1S/C14H21N7O/c1-11(2)3-6-14(22)20-9-7-19(8-10-20)13-5-4-12-15-17-18-21(12)16-13/h4-5,11H,3,6-10H2,1-2H3. The fourth-order valence-electron chi connectivity index (χ4n) is 2.56. The van der Waals surface area contributed by atoms with E-state index in [-0.39, 0.29) is 5.91 Å². The van der Waals surface area contributed by atoms with Crippen LogP contribution in [-0.2, 0) is 4.79 Å². The molecule has 0 aliphatic carbocycles. The quantitative estimate of drug-likeness (QED) is 0.823. The molecule has 0 spiro atoms. The minimum atomic E-state index is 0.261. The summed E-state index contributed by atoms with van der Waals surface area (Å²) >= 11 is 0. The minimum absolute atomic E-state index is 0.261. The highest BCUT2D eigenvalue weighted by Crippen LogP contribution is 2.15. The SMILES string of the molecule is CC(C)CCC(=O)N1CCN(c2ccc3nnnn3n2)CC1. The van der Waals surface area contributed by atoms with E-state index in [9.17, 15) is 4.79 Å². The van der Waals surface area contributed by atoms with Crippen molar-refractivity contribution in [2.45, 2.75) is 26.7 Å². The Morgan fingerprint density at radius 2 is 2.00 bits per heavy atom. The molecule has 0 N–H and O–H groups in total. The van der Waals surface area contributed by atoms with Gasteiger partial charge in [0.25, 0.3) is 0 Å². The summed E-state index contributed by atoms with van der Waals surface area (Å²) in [5, 5.41) is 15.6. The van der Waals surface area contributed by atoms with E-state index in [4.69, 9.17) is 0 Å². The highest BCUT2D eigenvalue weighted by Gasteiger charge is 2.22. The Kier molecular flexibility index (Phi) is 4.17. The van der Waals surface area contributed by atoms with Crippen LogP contribution in [0.15, 0.2) is 12.1 Å². The third-order valence-electron chi connectivity index (χ3n) is 3.95. The van der Waals surface area contributed by atoms with Gasteiger partial charge in [-0.1, -0.05) is 13.8 Å². The smallest absolute Gasteiger partial charge is 0.222 e. The first-order valence-corrected chi connectivity index (χ1v) is 7.71. The maximum Gasteiger partial charge on any atom is 0.222 e. The molecule has 0 bridgehead atoms. The predicted molar refractivity (Wildman–Crippen MR) is 81.4 cm³/mol. The summed E-state index contributed by atoms with van der Waals surface area (Å²) < 4.78 is 1.43. The fourth-order valence-corrected chi connectivity index (χ4v) is 2.56. The number of fused-ring (bicyclic) bond motifs is 1. The van der Waals surface area contributed by atoms with Crippen LogP contribution < -0.4 is 4.90 Å². The number of anilines is 1. The lowest BCUT2D eigenvalue weighted by Crippen LogP contribution is -2.49. The molecule has 1 aliphatic heterocycles. The molecule has 8 heteroatoms. The average molecular weight is 303 g/mol. The molecule has 22 heavy (non-hydrogen) atoms. The van der Waals surface area contributed by atoms with Crippen molar-refractivity contribution in [1.29, 1.82) is 0 Å². The van der Waals surface area contributed by atoms with Gasteiger partial charge in [-0.3, -0.25) is 4.79 Å². The Labute approximate surface area is 129 Å². The van der Waals surface area contributed by atoms with Crippen LogP contribution in [0, 0.1) is 5.92 Å². The van der Waals surface area contributed by atoms with Gasteiger partial charge < -0.3 is 9.80 Å². The molecular formula is C14H21N7O. The van der Waals surface area contributed by atoms with Gasteiger partial charge in [-0.2, -0.15) is 0 Å². The van der Waals surface area contributed by atoms with E-state index in [0.717, 1.165) is 38.4 Å². The maximum atomic E-state index is 12.1. The predicted octanol–water partition coefficient (Wildman–Crippen LogP) is 0.604.